The molecule has 0 N–H and O–H groups in total. The molecule has 0 bridgehead atoms. The Kier molecular flexibility index (Phi) is 5.33. The first-order valence-corrected chi connectivity index (χ1v) is 7.18. The largest absolute Gasteiger partial charge is 0.492 e. The molecular formula is C16H15NOS. The van der Waals surface area contributed by atoms with E-state index in [0.29, 0.717) is 17.9 Å². The van der Waals surface area contributed by atoms with Crippen LogP contribution in [0.1, 0.15) is 12.0 Å². The van der Waals surface area contributed by atoms with Crippen molar-refractivity contribution in [2.24, 2.45) is 0 Å². The van der Waals surface area contributed by atoms with E-state index in [4.69, 9.17) is 10.00 Å². The zero-order chi connectivity index (χ0) is 13.3. The monoisotopic (exact) mass is 269 g/mol. The molecule has 2 rings (SSSR count). The van der Waals surface area contributed by atoms with E-state index in [0.717, 1.165) is 12.2 Å². The Balaban J connectivity index is 1.71. The third-order valence-corrected chi connectivity index (χ3v) is 3.66. The lowest BCUT2D eigenvalue weighted by atomic mass is 10.2. The summed E-state index contributed by atoms with van der Waals surface area (Å²) < 4.78 is 5.63. The number of para-hydroxylation sites is 1. The van der Waals surface area contributed by atoms with E-state index in [1.54, 1.807) is 6.07 Å². The minimum absolute atomic E-state index is 0.596. The van der Waals surface area contributed by atoms with Crippen molar-refractivity contribution in [1.29, 1.82) is 5.26 Å². The molecule has 19 heavy (non-hydrogen) atoms. The summed E-state index contributed by atoms with van der Waals surface area (Å²) in [5, 5.41) is 8.94. The van der Waals surface area contributed by atoms with Gasteiger partial charge in [-0.1, -0.05) is 30.3 Å². The van der Waals surface area contributed by atoms with Crippen LogP contribution in [0, 0.1) is 11.3 Å². The van der Waals surface area contributed by atoms with Gasteiger partial charge in [0.25, 0.3) is 0 Å². The second kappa shape index (κ2) is 7.50. The topological polar surface area (TPSA) is 33.0 Å². The van der Waals surface area contributed by atoms with Gasteiger partial charge in [0.05, 0.1) is 12.2 Å². The first-order chi connectivity index (χ1) is 9.40. The van der Waals surface area contributed by atoms with Crippen LogP contribution < -0.4 is 4.74 Å². The average molecular weight is 269 g/mol. The molecule has 2 nitrogen and oxygen atoms in total. The Morgan fingerprint density at radius 1 is 1.00 bits per heavy atom. The van der Waals surface area contributed by atoms with Crippen molar-refractivity contribution in [2.45, 2.75) is 11.3 Å². The van der Waals surface area contributed by atoms with E-state index in [9.17, 15) is 0 Å². The number of benzene rings is 2. The minimum Gasteiger partial charge on any atom is -0.492 e. The summed E-state index contributed by atoms with van der Waals surface area (Å²) in [5.74, 6) is 1.69. The predicted octanol–water partition coefficient (Wildman–Crippen LogP) is 4.12. The molecule has 0 atom stereocenters. The Morgan fingerprint density at radius 3 is 2.53 bits per heavy atom. The van der Waals surface area contributed by atoms with E-state index in [-0.39, 0.29) is 0 Å². The third kappa shape index (κ3) is 4.35. The molecule has 0 fully saturated rings. The first-order valence-electron chi connectivity index (χ1n) is 6.20. The molecule has 3 heteroatoms. The number of thioether (sulfide) groups is 1. The SMILES string of the molecule is N#Cc1ccccc1OCCCSc1ccccc1. The van der Waals surface area contributed by atoms with Gasteiger partial charge < -0.3 is 4.74 Å². The Morgan fingerprint density at radius 2 is 1.74 bits per heavy atom. The smallest absolute Gasteiger partial charge is 0.137 e. The quantitative estimate of drug-likeness (QED) is 0.584. The van der Waals surface area contributed by atoms with Gasteiger partial charge in [-0.3, -0.25) is 0 Å². The molecule has 0 heterocycles. The van der Waals surface area contributed by atoms with Crippen LogP contribution >= 0.6 is 11.8 Å². The highest BCUT2D eigenvalue weighted by Crippen LogP contribution is 2.19. The van der Waals surface area contributed by atoms with Crippen LogP contribution in [-0.4, -0.2) is 12.4 Å². The van der Waals surface area contributed by atoms with Crippen LogP contribution in [0.3, 0.4) is 0 Å². The summed E-state index contributed by atoms with van der Waals surface area (Å²) in [5.41, 5.74) is 0.596. The molecule has 0 radical (unpaired) electrons. The van der Waals surface area contributed by atoms with Gasteiger partial charge in [-0.2, -0.15) is 5.26 Å². The van der Waals surface area contributed by atoms with Gasteiger partial charge >= 0.3 is 0 Å². The molecule has 96 valence electrons. The standard InChI is InChI=1S/C16H15NOS/c17-13-14-7-4-5-10-16(14)18-11-6-12-19-15-8-2-1-3-9-15/h1-5,7-10H,6,11-12H2. The number of ether oxygens (including phenoxy) is 1. The Hall–Kier alpha value is -1.92. The van der Waals surface area contributed by atoms with Gasteiger partial charge in [-0.05, 0) is 30.7 Å². The van der Waals surface area contributed by atoms with Gasteiger partial charge in [-0.25, -0.2) is 0 Å². The van der Waals surface area contributed by atoms with Gasteiger partial charge in [0.1, 0.15) is 11.8 Å². The molecule has 0 saturated carbocycles. The number of rotatable bonds is 6. The second-order valence-corrected chi connectivity index (χ2v) is 5.14. The maximum Gasteiger partial charge on any atom is 0.137 e. The van der Waals surface area contributed by atoms with Crippen LogP contribution in [0.15, 0.2) is 59.5 Å². The average Bonchev–Trinajstić information content (AvgIpc) is 2.48. The molecule has 0 aliphatic carbocycles. The lowest BCUT2D eigenvalue weighted by molar-refractivity contribution is 0.318. The van der Waals surface area contributed by atoms with E-state index < -0.39 is 0 Å². The summed E-state index contributed by atoms with van der Waals surface area (Å²) in [4.78, 5) is 1.28. The van der Waals surface area contributed by atoms with Gasteiger partial charge in [0.15, 0.2) is 0 Å². The van der Waals surface area contributed by atoms with Crippen molar-refractivity contribution in [2.75, 3.05) is 12.4 Å². The van der Waals surface area contributed by atoms with Crippen LogP contribution in [0.4, 0.5) is 0 Å². The second-order valence-electron chi connectivity index (χ2n) is 3.97. The molecule has 2 aromatic carbocycles. The molecule has 0 aliphatic heterocycles. The van der Waals surface area contributed by atoms with Crippen molar-refractivity contribution in [3.8, 4) is 11.8 Å². The zero-order valence-corrected chi connectivity index (χ0v) is 11.4. The summed E-state index contributed by atoms with van der Waals surface area (Å²) in [6.07, 6.45) is 0.958. The van der Waals surface area contributed by atoms with Crippen LogP contribution in [-0.2, 0) is 0 Å². The normalized spacial score (nSPS) is 9.84. The van der Waals surface area contributed by atoms with Gasteiger partial charge in [0.2, 0.25) is 0 Å². The van der Waals surface area contributed by atoms with Gasteiger partial charge in [0, 0.05) is 10.6 Å². The predicted molar refractivity (Wildman–Crippen MR) is 78.4 cm³/mol. The Labute approximate surface area is 118 Å². The van der Waals surface area contributed by atoms with Crippen molar-refractivity contribution >= 4 is 11.8 Å². The Bertz CT molecular complexity index is 548. The lowest BCUT2D eigenvalue weighted by Crippen LogP contribution is -2.00. The number of nitriles is 1. The molecule has 0 saturated heterocycles. The van der Waals surface area contributed by atoms with E-state index >= 15 is 0 Å². The fourth-order valence-electron chi connectivity index (χ4n) is 1.63. The highest BCUT2D eigenvalue weighted by molar-refractivity contribution is 7.99. The van der Waals surface area contributed by atoms with Crippen molar-refractivity contribution in [3.05, 3.63) is 60.2 Å². The summed E-state index contributed by atoms with van der Waals surface area (Å²) in [6, 6.07) is 19.8. The maximum atomic E-state index is 8.94. The lowest BCUT2D eigenvalue weighted by Gasteiger charge is -2.07. The van der Waals surface area contributed by atoms with Crippen molar-refractivity contribution < 1.29 is 4.74 Å². The number of hydrogen-bond donors (Lipinski definition) is 0. The summed E-state index contributed by atoms with van der Waals surface area (Å²) >= 11 is 1.82. The number of nitrogens with zero attached hydrogens (tertiary/aromatic N) is 1. The van der Waals surface area contributed by atoms with Crippen molar-refractivity contribution in [3.63, 3.8) is 0 Å². The molecule has 0 aliphatic rings. The molecule has 2 aromatic rings. The highest BCUT2D eigenvalue weighted by atomic mass is 32.2. The minimum atomic E-state index is 0.596. The summed E-state index contributed by atoms with van der Waals surface area (Å²) in [7, 11) is 0. The van der Waals surface area contributed by atoms with E-state index in [1.165, 1.54) is 4.90 Å². The molecule has 0 unspecified atom stereocenters. The van der Waals surface area contributed by atoms with E-state index in [1.807, 2.05) is 48.2 Å². The first kappa shape index (κ1) is 13.5. The maximum absolute atomic E-state index is 8.94. The third-order valence-electron chi connectivity index (χ3n) is 2.57. The molecule has 0 spiro atoms. The molecule has 0 aromatic heterocycles. The summed E-state index contributed by atoms with van der Waals surface area (Å²) in [6.45, 7) is 0.637. The fourth-order valence-corrected chi connectivity index (χ4v) is 2.48. The van der Waals surface area contributed by atoms with Crippen LogP contribution in [0.25, 0.3) is 0 Å². The number of hydrogen-bond acceptors (Lipinski definition) is 3. The fraction of sp³-hybridized carbons (Fsp3) is 0.188. The van der Waals surface area contributed by atoms with Gasteiger partial charge in [-0.15, -0.1) is 11.8 Å². The zero-order valence-electron chi connectivity index (χ0n) is 10.6. The van der Waals surface area contributed by atoms with E-state index in [2.05, 4.69) is 18.2 Å². The highest BCUT2D eigenvalue weighted by Gasteiger charge is 2.01. The molecule has 0 amide bonds. The van der Waals surface area contributed by atoms with Crippen LogP contribution in [0.5, 0.6) is 5.75 Å². The van der Waals surface area contributed by atoms with Crippen LogP contribution in [0.2, 0.25) is 0 Å². The molecular weight excluding hydrogens is 254 g/mol. The van der Waals surface area contributed by atoms with Crippen molar-refractivity contribution in [1.82, 2.24) is 0 Å².